The maximum Gasteiger partial charge on any atom is 0.290 e. The van der Waals surface area contributed by atoms with Crippen molar-refractivity contribution in [2.75, 3.05) is 62.7 Å². The van der Waals surface area contributed by atoms with Gasteiger partial charge in [-0.25, -0.2) is 9.67 Å². The molecule has 0 aromatic carbocycles. The minimum Gasteiger partial charge on any atom is -0.378 e. The summed E-state index contributed by atoms with van der Waals surface area (Å²) in [5.41, 5.74) is 0.352. The lowest BCUT2D eigenvalue weighted by molar-refractivity contribution is -0.158. The molecular formula is C29H41N7O5. The van der Waals surface area contributed by atoms with Crippen molar-refractivity contribution in [1.82, 2.24) is 24.6 Å². The molecule has 3 aliphatic heterocycles. The molecule has 3 saturated heterocycles. The molecule has 12 heteroatoms. The van der Waals surface area contributed by atoms with E-state index in [1.165, 1.54) is 10.9 Å². The van der Waals surface area contributed by atoms with Gasteiger partial charge in [0.05, 0.1) is 30.5 Å². The lowest BCUT2D eigenvalue weighted by atomic mass is 9.93. The van der Waals surface area contributed by atoms with Gasteiger partial charge in [0.1, 0.15) is 11.5 Å². The number of carbonyl (C=O) groups excluding carboxylic acids is 2. The molecule has 2 aromatic rings. The fourth-order valence-electron chi connectivity index (χ4n) is 5.55. The number of hydrogen-bond acceptors (Lipinski definition) is 9. The zero-order valence-electron chi connectivity index (χ0n) is 24.5. The van der Waals surface area contributed by atoms with E-state index in [2.05, 4.69) is 20.3 Å². The van der Waals surface area contributed by atoms with E-state index < -0.39 is 0 Å². The molecular weight excluding hydrogens is 526 g/mol. The van der Waals surface area contributed by atoms with Crippen LogP contribution < -0.4 is 15.8 Å². The number of pyridine rings is 1. The molecule has 41 heavy (non-hydrogen) atoms. The first-order valence-corrected chi connectivity index (χ1v) is 14.4. The number of anilines is 3. The van der Waals surface area contributed by atoms with E-state index in [9.17, 15) is 14.4 Å². The molecule has 0 bridgehead atoms. The van der Waals surface area contributed by atoms with Crippen LogP contribution in [-0.4, -0.2) is 101 Å². The van der Waals surface area contributed by atoms with Crippen LogP contribution in [0.5, 0.6) is 0 Å². The Kier molecular flexibility index (Phi) is 8.60. The normalized spacial score (nSPS) is 20.1. The number of ether oxygens (including phenoxy) is 2. The second-order valence-electron chi connectivity index (χ2n) is 12.1. The van der Waals surface area contributed by atoms with Crippen LogP contribution in [0.2, 0.25) is 0 Å². The van der Waals surface area contributed by atoms with E-state index in [0.29, 0.717) is 75.2 Å². The summed E-state index contributed by atoms with van der Waals surface area (Å²) in [6, 6.07) is 5.15. The molecule has 5 heterocycles. The monoisotopic (exact) mass is 567 g/mol. The molecule has 12 nitrogen and oxygen atoms in total. The summed E-state index contributed by atoms with van der Waals surface area (Å²) in [7, 11) is 1.62. The Labute approximate surface area is 240 Å². The third-order valence-corrected chi connectivity index (χ3v) is 7.65. The lowest BCUT2D eigenvalue weighted by Gasteiger charge is -2.43. The largest absolute Gasteiger partial charge is 0.378 e. The van der Waals surface area contributed by atoms with E-state index in [1.54, 1.807) is 30.1 Å². The molecule has 5 rings (SSSR count). The Morgan fingerprint density at radius 3 is 2.54 bits per heavy atom. The zero-order chi connectivity index (χ0) is 29.1. The summed E-state index contributed by atoms with van der Waals surface area (Å²) in [5.74, 6) is 1.44. The number of likely N-dealkylation sites (tertiary alicyclic amines) is 1. The number of hydrogen-bond donors (Lipinski definition) is 1. The van der Waals surface area contributed by atoms with Crippen LogP contribution in [0, 0.1) is 5.92 Å². The van der Waals surface area contributed by atoms with Gasteiger partial charge in [0.25, 0.3) is 11.5 Å². The van der Waals surface area contributed by atoms with Crippen LogP contribution >= 0.6 is 0 Å². The second kappa shape index (κ2) is 12.2. The first kappa shape index (κ1) is 29.0. The van der Waals surface area contributed by atoms with E-state index in [4.69, 9.17) is 9.47 Å². The summed E-state index contributed by atoms with van der Waals surface area (Å²) in [6.07, 6.45) is 4.05. The standard InChI is InChI=1S/C29H41N7O5/c1-29(2,3)41-22-18-36(19-22)26(37)14-20-6-5-9-35(17-20)25-15-23(28(39)33(4)32-25)31-24-8-7-21(16-30-24)27(38)34-10-12-40-13-11-34/h7-8,15-16,20,22H,5-6,9-14,17-19H2,1-4H3,(H,30,31)/t20-/m0/s1. The van der Waals surface area contributed by atoms with Crippen LogP contribution in [-0.2, 0) is 21.3 Å². The van der Waals surface area contributed by atoms with Gasteiger partial charge in [0, 0.05) is 65.0 Å². The Morgan fingerprint density at radius 1 is 1.10 bits per heavy atom. The van der Waals surface area contributed by atoms with Gasteiger partial charge >= 0.3 is 0 Å². The number of carbonyl (C=O) groups is 2. The Morgan fingerprint density at radius 2 is 1.85 bits per heavy atom. The predicted octanol–water partition coefficient (Wildman–Crippen LogP) is 2.02. The number of rotatable bonds is 7. The van der Waals surface area contributed by atoms with Gasteiger partial charge in [0.2, 0.25) is 5.91 Å². The third-order valence-electron chi connectivity index (χ3n) is 7.65. The van der Waals surface area contributed by atoms with Crippen LogP contribution in [0.3, 0.4) is 0 Å². The molecule has 3 aliphatic rings. The van der Waals surface area contributed by atoms with Crippen LogP contribution in [0.1, 0.15) is 50.4 Å². The lowest BCUT2D eigenvalue weighted by Crippen LogP contribution is -2.57. The summed E-state index contributed by atoms with van der Waals surface area (Å²) in [5, 5.41) is 7.61. The molecule has 0 spiro atoms. The minimum absolute atomic E-state index is 0.0836. The molecule has 3 fully saturated rings. The van der Waals surface area contributed by atoms with Crippen molar-refractivity contribution >= 4 is 29.1 Å². The average Bonchev–Trinajstić information content (AvgIpc) is 2.93. The fraction of sp³-hybridized carbons (Fsp3) is 0.621. The highest BCUT2D eigenvalue weighted by Crippen LogP contribution is 2.27. The maximum absolute atomic E-state index is 12.9. The second-order valence-corrected chi connectivity index (χ2v) is 12.1. The van der Waals surface area contributed by atoms with E-state index in [1.807, 2.05) is 25.7 Å². The van der Waals surface area contributed by atoms with Crippen molar-refractivity contribution in [2.45, 2.75) is 51.7 Å². The van der Waals surface area contributed by atoms with Gasteiger partial charge in [-0.1, -0.05) is 0 Å². The number of nitrogens with zero attached hydrogens (tertiary/aromatic N) is 6. The molecule has 2 amide bonds. The van der Waals surface area contributed by atoms with Gasteiger partial charge < -0.3 is 29.5 Å². The Hall–Kier alpha value is -3.51. The molecule has 0 unspecified atom stereocenters. The van der Waals surface area contributed by atoms with Crippen molar-refractivity contribution < 1.29 is 19.1 Å². The van der Waals surface area contributed by atoms with Crippen molar-refractivity contribution in [1.29, 1.82) is 0 Å². The van der Waals surface area contributed by atoms with Gasteiger partial charge in [0.15, 0.2) is 5.82 Å². The van der Waals surface area contributed by atoms with Gasteiger partial charge in [-0.3, -0.25) is 14.4 Å². The molecule has 1 N–H and O–H groups in total. The van der Waals surface area contributed by atoms with Crippen molar-refractivity contribution in [3.63, 3.8) is 0 Å². The summed E-state index contributed by atoms with van der Waals surface area (Å²) in [4.78, 5) is 48.7. The number of aromatic nitrogens is 3. The topological polar surface area (TPSA) is 122 Å². The third kappa shape index (κ3) is 7.23. The SMILES string of the molecule is Cn1nc(N2CCC[C@@H](CC(=O)N3CC(OC(C)(C)C)C3)C2)cc(Nc2ccc(C(=O)N3CCOCC3)cn2)c1=O. The van der Waals surface area contributed by atoms with Gasteiger partial charge in [-0.05, 0) is 51.7 Å². The van der Waals surface area contributed by atoms with Crippen LogP contribution in [0.4, 0.5) is 17.3 Å². The van der Waals surface area contributed by atoms with E-state index >= 15 is 0 Å². The molecule has 1 atom stereocenters. The smallest absolute Gasteiger partial charge is 0.290 e. The van der Waals surface area contributed by atoms with Crippen molar-refractivity contribution in [3.05, 3.63) is 40.3 Å². The average molecular weight is 568 g/mol. The number of nitrogens with one attached hydrogen (secondary N) is 1. The molecule has 2 aromatic heterocycles. The highest BCUT2D eigenvalue weighted by atomic mass is 16.5. The number of aryl methyl sites for hydroxylation is 1. The number of morpholine rings is 1. The summed E-state index contributed by atoms with van der Waals surface area (Å²) in [6.45, 7) is 11.1. The first-order chi connectivity index (χ1) is 19.6. The number of amides is 2. The van der Waals surface area contributed by atoms with Crippen LogP contribution in [0.15, 0.2) is 29.2 Å². The highest BCUT2D eigenvalue weighted by Gasteiger charge is 2.35. The van der Waals surface area contributed by atoms with E-state index in [-0.39, 0.29) is 35.0 Å². The van der Waals surface area contributed by atoms with Gasteiger partial charge in [-0.2, -0.15) is 5.10 Å². The summed E-state index contributed by atoms with van der Waals surface area (Å²) < 4.78 is 12.6. The van der Waals surface area contributed by atoms with E-state index in [0.717, 1.165) is 19.4 Å². The molecule has 222 valence electrons. The predicted molar refractivity (Wildman–Crippen MR) is 154 cm³/mol. The number of piperidine rings is 1. The molecule has 0 radical (unpaired) electrons. The fourth-order valence-corrected chi connectivity index (χ4v) is 5.55. The summed E-state index contributed by atoms with van der Waals surface area (Å²) >= 11 is 0. The molecule has 0 saturated carbocycles. The highest BCUT2D eigenvalue weighted by molar-refractivity contribution is 5.94. The quantitative estimate of drug-likeness (QED) is 0.536. The van der Waals surface area contributed by atoms with Crippen molar-refractivity contribution in [3.8, 4) is 0 Å². The Bertz CT molecular complexity index is 1290. The van der Waals surface area contributed by atoms with Gasteiger partial charge in [-0.15, -0.1) is 0 Å². The zero-order valence-corrected chi connectivity index (χ0v) is 24.5. The Balaban J connectivity index is 1.20. The van der Waals surface area contributed by atoms with Crippen molar-refractivity contribution in [2.24, 2.45) is 13.0 Å². The van der Waals surface area contributed by atoms with Crippen LogP contribution in [0.25, 0.3) is 0 Å². The first-order valence-electron chi connectivity index (χ1n) is 14.4. The minimum atomic E-state index is -0.280. The molecule has 0 aliphatic carbocycles. The maximum atomic E-state index is 12.9.